The van der Waals surface area contributed by atoms with Crippen LogP contribution >= 0.6 is 0 Å². The van der Waals surface area contributed by atoms with Gasteiger partial charge < -0.3 is 9.72 Å². The van der Waals surface area contributed by atoms with Gasteiger partial charge in [-0.05, 0) is 62.6 Å². The van der Waals surface area contributed by atoms with E-state index in [4.69, 9.17) is 4.74 Å². The fraction of sp³-hybridized carbons (Fsp3) is 0.375. The summed E-state index contributed by atoms with van der Waals surface area (Å²) in [7, 11) is 0. The van der Waals surface area contributed by atoms with Crippen molar-refractivity contribution >= 4 is 10.9 Å². The molecule has 0 aliphatic rings. The first-order chi connectivity index (χ1) is 13.5. The van der Waals surface area contributed by atoms with E-state index in [1.807, 2.05) is 39.0 Å². The van der Waals surface area contributed by atoms with E-state index in [1.54, 1.807) is 6.07 Å². The zero-order valence-electron chi connectivity index (χ0n) is 17.3. The van der Waals surface area contributed by atoms with Gasteiger partial charge in [-0.3, -0.25) is 9.69 Å². The molecule has 3 aromatic rings. The lowest BCUT2D eigenvalue weighted by Crippen LogP contribution is -2.25. The Morgan fingerprint density at radius 2 is 1.68 bits per heavy atom. The number of aryl methyl sites for hydroxylation is 2. The smallest absolute Gasteiger partial charge is 0.189 e. The Labute approximate surface area is 167 Å². The van der Waals surface area contributed by atoms with E-state index in [9.17, 15) is 4.79 Å². The molecule has 1 N–H and O–H groups in total. The van der Waals surface area contributed by atoms with E-state index < -0.39 is 0 Å². The molecule has 0 spiro atoms. The zero-order chi connectivity index (χ0) is 20.1. The summed E-state index contributed by atoms with van der Waals surface area (Å²) in [5.74, 6) is 0.901. The minimum Gasteiger partial charge on any atom is -0.494 e. The van der Waals surface area contributed by atoms with Gasteiger partial charge in [-0.2, -0.15) is 0 Å². The summed E-state index contributed by atoms with van der Waals surface area (Å²) in [5.41, 5.74) is 5.39. The Morgan fingerprint density at radius 1 is 0.964 bits per heavy atom. The van der Waals surface area contributed by atoms with Crippen molar-refractivity contribution in [3.63, 3.8) is 0 Å². The van der Waals surface area contributed by atoms with Crippen LogP contribution in [0.4, 0.5) is 0 Å². The summed E-state index contributed by atoms with van der Waals surface area (Å²) in [6.45, 7) is 11.4. The molecule has 0 unspecified atom stereocenters. The van der Waals surface area contributed by atoms with Crippen LogP contribution in [0.3, 0.4) is 0 Å². The highest BCUT2D eigenvalue weighted by molar-refractivity contribution is 5.84. The van der Waals surface area contributed by atoms with Crippen molar-refractivity contribution in [2.45, 2.75) is 47.2 Å². The van der Waals surface area contributed by atoms with E-state index in [2.05, 4.69) is 35.0 Å². The first-order valence-electron chi connectivity index (χ1n) is 10.1. The van der Waals surface area contributed by atoms with Gasteiger partial charge in [0, 0.05) is 30.2 Å². The maximum absolute atomic E-state index is 12.7. The Balaban J connectivity index is 1.84. The first-order valence-corrected chi connectivity index (χ1v) is 10.1. The van der Waals surface area contributed by atoms with E-state index in [0.29, 0.717) is 6.61 Å². The minimum atomic E-state index is 0.0995. The van der Waals surface area contributed by atoms with Gasteiger partial charge in [-0.15, -0.1) is 0 Å². The molecule has 1 heterocycles. The van der Waals surface area contributed by atoms with Crippen LogP contribution in [-0.4, -0.2) is 23.0 Å². The summed E-state index contributed by atoms with van der Waals surface area (Å²) >= 11 is 0. The summed E-state index contributed by atoms with van der Waals surface area (Å²) < 4.78 is 5.53. The number of H-pyrrole nitrogens is 1. The maximum Gasteiger partial charge on any atom is 0.189 e. The number of hydrogen-bond acceptors (Lipinski definition) is 3. The molecule has 2 aromatic carbocycles. The third kappa shape index (κ3) is 4.63. The number of pyridine rings is 1. The molecule has 0 fully saturated rings. The molecule has 0 saturated heterocycles. The van der Waals surface area contributed by atoms with Crippen molar-refractivity contribution < 1.29 is 4.74 Å². The van der Waals surface area contributed by atoms with Crippen molar-refractivity contribution in [1.82, 2.24) is 9.88 Å². The van der Waals surface area contributed by atoms with Crippen molar-refractivity contribution in [3.8, 4) is 5.75 Å². The largest absolute Gasteiger partial charge is 0.494 e. The molecule has 148 valence electrons. The van der Waals surface area contributed by atoms with Gasteiger partial charge in [0.25, 0.3) is 0 Å². The number of hydrogen-bond donors (Lipinski definition) is 1. The van der Waals surface area contributed by atoms with Crippen LogP contribution in [0, 0.1) is 13.8 Å². The number of ether oxygens (including phenoxy) is 1. The number of nitrogens with one attached hydrogen (secondary N) is 1. The third-order valence-corrected chi connectivity index (χ3v) is 5.03. The second-order valence-corrected chi connectivity index (χ2v) is 7.40. The van der Waals surface area contributed by atoms with E-state index >= 15 is 0 Å². The number of rotatable bonds is 8. The highest BCUT2D eigenvalue weighted by Gasteiger charge is 2.11. The molecular formula is C24H30N2O2. The van der Waals surface area contributed by atoms with Crippen molar-refractivity contribution in [3.05, 3.63) is 75.1 Å². The molecule has 0 radical (unpaired) electrons. The van der Waals surface area contributed by atoms with Crippen LogP contribution in [0.25, 0.3) is 10.9 Å². The van der Waals surface area contributed by atoms with Gasteiger partial charge in [0.05, 0.1) is 12.1 Å². The number of benzene rings is 2. The number of fused-ring (bicyclic) bond motifs is 1. The average molecular weight is 379 g/mol. The zero-order valence-corrected chi connectivity index (χ0v) is 17.3. The average Bonchev–Trinajstić information content (AvgIpc) is 2.66. The molecule has 0 aliphatic carbocycles. The summed E-state index contributed by atoms with van der Waals surface area (Å²) in [5, 5.41) is 0.803. The standard InChI is InChI=1S/C24H30N2O2/c1-5-13-26(15-19-9-11-21(12-10-19)28-6-2)16-20-14-22(27)23-17(3)7-8-18(4)24(23)25-20/h7-12,14H,5-6,13,15-16H2,1-4H3,(H,25,27). The van der Waals surface area contributed by atoms with Gasteiger partial charge in [-0.25, -0.2) is 0 Å². The number of aromatic nitrogens is 1. The van der Waals surface area contributed by atoms with Gasteiger partial charge >= 0.3 is 0 Å². The van der Waals surface area contributed by atoms with Crippen LogP contribution in [0.15, 0.2) is 47.3 Å². The highest BCUT2D eigenvalue weighted by Crippen LogP contribution is 2.19. The molecule has 4 nitrogen and oxygen atoms in total. The van der Waals surface area contributed by atoms with Gasteiger partial charge in [-0.1, -0.05) is 31.2 Å². The monoisotopic (exact) mass is 378 g/mol. The predicted molar refractivity (Wildman–Crippen MR) is 116 cm³/mol. The van der Waals surface area contributed by atoms with E-state index in [1.165, 1.54) is 5.56 Å². The van der Waals surface area contributed by atoms with Crippen molar-refractivity contribution in [2.24, 2.45) is 0 Å². The fourth-order valence-electron chi connectivity index (χ4n) is 3.69. The molecule has 3 rings (SSSR count). The van der Waals surface area contributed by atoms with Crippen LogP contribution in [0.1, 0.15) is 42.7 Å². The molecule has 0 atom stereocenters. The summed E-state index contributed by atoms with van der Waals surface area (Å²) in [4.78, 5) is 18.6. The van der Waals surface area contributed by atoms with Crippen LogP contribution in [-0.2, 0) is 13.1 Å². The topological polar surface area (TPSA) is 45.3 Å². The van der Waals surface area contributed by atoms with Crippen LogP contribution in [0.2, 0.25) is 0 Å². The first kappa shape index (κ1) is 20.2. The number of aromatic amines is 1. The molecule has 0 bridgehead atoms. The summed E-state index contributed by atoms with van der Waals surface area (Å²) in [6.07, 6.45) is 1.06. The lowest BCUT2D eigenvalue weighted by molar-refractivity contribution is 0.254. The molecule has 0 saturated carbocycles. The number of nitrogens with zero attached hydrogens (tertiary/aromatic N) is 1. The Bertz CT molecular complexity index is 990. The molecular weight excluding hydrogens is 348 g/mol. The third-order valence-electron chi connectivity index (χ3n) is 5.03. The second-order valence-electron chi connectivity index (χ2n) is 7.40. The molecule has 28 heavy (non-hydrogen) atoms. The van der Waals surface area contributed by atoms with Gasteiger partial charge in [0.2, 0.25) is 0 Å². The second kappa shape index (κ2) is 9.07. The molecule has 1 aromatic heterocycles. The van der Waals surface area contributed by atoms with Crippen LogP contribution in [0.5, 0.6) is 5.75 Å². The summed E-state index contributed by atoms with van der Waals surface area (Å²) in [6, 6.07) is 14.1. The SMILES string of the molecule is CCCN(Cc1ccc(OCC)cc1)Cc1cc(=O)c2c(C)ccc(C)c2[nH]1. The molecule has 4 heteroatoms. The Kier molecular flexibility index (Phi) is 6.53. The lowest BCUT2D eigenvalue weighted by Gasteiger charge is -2.22. The normalized spacial score (nSPS) is 11.3. The predicted octanol–water partition coefficient (Wildman–Crippen LogP) is 4.96. The van der Waals surface area contributed by atoms with Crippen molar-refractivity contribution in [1.29, 1.82) is 0 Å². The highest BCUT2D eigenvalue weighted by atomic mass is 16.5. The van der Waals surface area contributed by atoms with E-state index in [0.717, 1.165) is 59.5 Å². The van der Waals surface area contributed by atoms with Crippen LogP contribution < -0.4 is 10.2 Å². The fourth-order valence-corrected chi connectivity index (χ4v) is 3.69. The molecule has 0 amide bonds. The molecule has 0 aliphatic heterocycles. The Hall–Kier alpha value is -2.59. The minimum absolute atomic E-state index is 0.0995. The maximum atomic E-state index is 12.7. The lowest BCUT2D eigenvalue weighted by atomic mass is 10.0. The van der Waals surface area contributed by atoms with Gasteiger partial charge in [0.15, 0.2) is 5.43 Å². The Morgan fingerprint density at radius 3 is 2.36 bits per heavy atom. The van der Waals surface area contributed by atoms with Crippen molar-refractivity contribution in [2.75, 3.05) is 13.2 Å². The van der Waals surface area contributed by atoms with E-state index in [-0.39, 0.29) is 5.43 Å². The quantitative estimate of drug-likeness (QED) is 0.603. The van der Waals surface area contributed by atoms with Gasteiger partial charge in [0.1, 0.15) is 5.75 Å².